The lowest BCUT2D eigenvalue weighted by molar-refractivity contribution is -0.138. The molecule has 0 radical (unpaired) electrons. The number of nitriles is 1. The first-order valence-electron chi connectivity index (χ1n) is 7.43. The molecular formula is C18H9F6N3. The molecule has 0 amide bonds. The minimum Gasteiger partial charge on any atom is -0.304 e. The minimum absolute atomic E-state index is 0.000584. The topological polar surface area (TPSA) is 41.6 Å². The number of hydrogen-bond donors (Lipinski definition) is 0. The van der Waals surface area contributed by atoms with Crippen LogP contribution in [0.5, 0.6) is 0 Å². The van der Waals surface area contributed by atoms with Crippen LogP contribution in [0.3, 0.4) is 0 Å². The number of alkyl halides is 6. The van der Waals surface area contributed by atoms with Crippen LogP contribution in [0, 0.1) is 11.3 Å². The maximum Gasteiger partial charge on any atom is 0.416 e. The summed E-state index contributed by atoms with van der Waals surface area (Å²) in [6, 6.07) is 8.68. The first kappa shape index (κ1) is 18.5. The molecule has 1 aromatic heterocycles. The van der Waals surface area contributed by atoms with Gasteiger partial charge in [-0.05, 0) is 30.3 Å². The zero-order valence-corrected chi connectivity index (χ0v) is 13.3. The van der Waals surface area contributed by atoms with Crippen LogP contribution in [0.15, 0.2) is 55.0 Å². The van der Waals surface area contributed by atoms with Crippen LogP contribution in [0.2, 0.25) is 0 Å². The fourth-order valence-electron chi connectivity index (χ4n) is 2.45. The highest BCUT2D eigenvalue weighted by molar-refractivity contribution is 5.60. The molecule has 0 spiro atoms. The van der Waals surface area contributed by atoms with Crippen molar-refractivity contribution in [1.29, 1.82) is 5.26 Å². The van der Waals surface area contributed by atoms with E-state index >= 15 is 0 Å². The number of halogens is 6. The minimum atomic E-state index is -4.58. The Balaban J connectivity index is 2.00. The largest absolute Gasteiger partial charge is 0.416 e. The predicted molar refractivity (Wildman–Crippen MR) is 83.7 cm³/mol. The van der Waals surface area contributed by atoms with Gasteiger partial charge in [0.2, 0.25) is 0 Å². The molecule has 0 aliphatic heterocycles. The Bertz CT molecular complexity index is 1010. The van der Waals surface area contributed by atoms with Gasteiger partial charge in [0.15, 0.2) is 0 Å². The Kier molecular flexibility index (Phi) is 4.43. The summed E-state index contributed by atoms with van der Waals surface area (Å²) >= 11 is 0. The van der Waals surface area contributed by atoms with Crippen molar-refractivity contribution in [3.05, 3.63) is 71.7 Å². The predicted octanol–water partition coefficient (Wildman–Crippen LogP) is 5.45. The molecular weight excluding hydrogens is 372 g/mol. The average Bonchev–Trinajstić information content (AvgIpc) is 3.09. The number of benzene rings is 2. The van der Waals surface area contributed by atoms with Gasteiger partial charge in [-0.1, -0.05) is 12.1 Å². The lowest BCUT2D eigenvalue weighted by Crippen LogP contribution is -2.07. The molecule has 1 heterocycles. The average molecular weight is 381 g/mol. The lowest BCUT2D eigenvalue weighted by atomic mass is 10.1. The first-order chi connectivity index (χ1) is 12.6. The Morgan fingerprint density at radius 2 is 1.44 bits per heavy atom. The standard InChI is InChI=1S/C18H9F6N3/c19-17(20,21)13-4-1-11(2-5-13)15-9-27(10-26-15)16-7-14(18(22,23)24)6-3-12(16)8-25/h1-7,9-10H. The van der Waals surface area contributed by atoms with Crippen molar-refractivity contribution in [2.75, 3.05) is 0 Å². The van der Waals surface area contributed by atoms with Gasteiger partial charge in [-0.3, -0.25) is 0 Å². The van der Waals surface area contributed by atoms with E-state index in [4.69, 9.17) is 5.26 Å². The van der Waals surface area contributed by atoms with Crippen molar-refractivity contribution in [3.63, 3.8) is 0 Å². The monoisotopic (exact) mass is 381 g/mol. The highest BCUT2D eigenvalue weighted by atomic mass is 19.4. The second-order valence-electron chi connectivity index (χ2n) is 5.58. The van der Waals surface area contributed by atoms with Gasteiger partial charge in [-0.25, -0.2) is 4.98 Å². The van der Waals surface area contributed by atoms with E-state index in [2.05, 4.69) is 4.98 Å². The number of aromatic nitrogens is 2. The van der Waals surface area contributed by atoms with E-state index in [0.29, 0.717) is 5.56 Å². The fraction of sp³-hybridized carbons (Fsp3) is 0.111. The van der Waals surface area contributed by atoms with E-state index in [-0.39, 0.29) is 16.9 Å². The fourth-order valence-corrected chi connectivity index (χ4v) is 2.45. The number of nitrogens with zero attached hydrogens (tertiary/aromatic N) is 3. The molecule has 138 valence electrons. The molecule has 0 fully saturated rings. The summed E-state index contributed by atoms with van der Waals surface area (Å²) in [6.07, 6.45) is -6.51. The van der Waals surface area contributed by atoms with Gasteiger partial charge in [0, 0.05) is 11.8 Å². The molecule has 0 unspecified atom stereocenters. The Labute approximate surface area is 149 Å². The second kappa shape index (κ2) is 6.46. The molecule has 0 atom stereocenters. The van der Waals surface area contributed by atoms with Crippen LogP contribution in [0.4, 0.5) is 26.3 Å². The van der Waals surface area contributed by atoms with Crippen LogP contribution >= 0.6 is 0 Å². The van der Waals surface area contributed by atoms with E-state index in [1.165, 1.54) is 29.2 Å². The molecule has 0 aliphatic carbocycles. The summed E-state index contributed by atoms with van der Waals surface area (Å²) in [6.45, 7) is 0. The van der Waals surface area contributed by atoms with Gasteiger partial charge >= 0.3 is 12.4 Å². The Morgan fingerprint density at radius 1 is 0.852 bits per heavy atom. The highest BCUT2D eigenvalue weighted by Crippen LogP contribution is 2.33. The molecule has 9 heteroatoms. The van der Waals surface area contributed by atoms with Gasteiger partial charge < -0.3 is 4.57 Å². The van der Waals surface area contributed by atoms with Gasteiger partial charge in [-0.2, -0.15) is 31.6 Å². The van der Waals surface area contributed by atoms with Crippen LogP contribution in [0.25, 0.3) is 16.9 Å². The van der Waals surface area contributed by atoms with Crippen LogP contribution in [-0.4, -0.2) is 9.55 Å². The van der Waals surface area contributed by atoms with Gasteiger partial charge in [0.25, 0.3) is 0 Å². The molecule has 0 aliphatic rings. The van der Waals surface area contributed by atoms with Crippen LogP contribution < -0.4 is 0 Å². The molecule has 27 heavy (non-hydrogen) atoms. The molecule has 0 N–H and O–H groups in total. The van der Waals surface area contributed by atoms with E-state index < -0.39 is 23.5 Å². The molecule has 3 nitrogen and oxygen atoms in total. The van der Waals surface area contributed by atoms with E-state index in [1.807, 2.05) is 0 Å². The third-order valence-corrected chi connectivity index (χ3v) is 3.81. The molecule has 3 rings (SSSR count). The molecule has 0 bridgehead atoms. The van der Waals surface area contributed by atoms with E-state index in [1.54, 1.807) is 6.07 Å². The summed E-state index contributed by atoms with van der Waals surface area (Å²) in [4.78, 5) is 4.01. The summed E-state index contributed by atoms with van der Waals surface area (Å²) in [5.41, 5.74) is -1.17. The molecule has 3 aromatic rings. The van der Waals surface area contributed by atoms with Crippen LogP contribution in [-0.2, 0) is 12.4 Å². The summed E-state index contributed by atoms with van der Waals surface area (Å²) in [5.74, 6) is 0. The summed E-state index contributed by atoms with van der Waals surface area (Å²) in [5, 5.41) is 9.13. The molecule has 0 saturated carbocycles. The zero-order valence-electron chi connectivity index (χ0n) is 13.3. The number of rotatable bonds is 2. The maximum absolute atomic E-state index is 12.9. The van der Waals surface area contributed by atoms with Crippen molar-refractivity contribution in [1.82, 2.24) is 9.55 Å². The third-order valence-electron chi connectivity index (χ3n) is 3.81. The highest BCUT2D eigenvalue weighted by Gasteiger charge is 2.31. The van der Waals surface area contributed by atoms with Crippen molar-refractivity contribution in [2.24, 2.45) is 0 Å². The van der Waals surface area contributed by atoms with Crippen molar-refractivity contribution < 1.29 is 26.3 Å². The van der Waals surface area contributed by atoms with Crippen molar-refractivity contribution in [2.45, 2.75) is 12.4 Å². The zero-order chi connectivity index (χ0) is 19.8. The number of imidazole rings is 1. The van der Waals surface area contributed by atoms with E-state index in [9.17, 15) is 26.3 Å². The van der Waals surface area contributed by atoms with Gasteiger partial charge in [0.05, 0.1) is 34.4 Å². The smallest absolute Gasteiger partial charge is 0.304 e. The molecule has 0 saturated heterocycles. The van der Waals surface area contributed by atoms with Crippen molar-refractivity contribution >= 4 is 0 Å². The quantitative estimate of drug-likeness (QED) is 0.554. The van der Waals surface area contributed by atoms with Crippen molar-refractivity contribution in [3.8, 4) is 23.0 Å². The SMILES string of the molecule is N#Cc1ccc(C(F)(F)F)cc1-n1cnc(-c2ccc(C(F)(F)F)cc2)c1. The van der Waals surface area contributed by atoms with Gasteiger partial charge in [0.1, 0.15) is 6.07 Å². The lowest BCUT2D eigenvalue weighted by Gasteiger charge is -2.10. The normalized spacial score (nSPS) is 12.0. The van der Waals surface area contributed by atoms with E-state index in [0.717, 1.165) is 30.3 Å². The van der Waals surface area contributed by atoms with Gasteiger partial charge in [-0.15, -0.1) is 0 Å². The first-order valence-corrected chi connectivity index (χ1v) is 7.43. The maximum atomic E-state index is 12.9. The molecule has 2 aromatic carbocycles. The summed E-state index contributed by atoms with van der Waals surface area (Å²) < 4.78 is 77.9. The Morgan fingerprint density at radius 3 is 2.00 bits per heavy atom. The van der Waals surface area contributed by atoms with Crippen LogP contribution in [0.1, 0.15) is 16.7 Å². The summed E-state index contributed by atoms with van der Waals surface area (Å²) in [7, 11) is 0. The Hall–Kier alpha value is -3.28. The third kappa shape index (κ3) is 3.79. The number of hydrogen-bond acceptors (Lipinski definition) is 2. The second-order valence-corrected chi connectivity index (χ2v) is 5.58.